The molecule has 0 saturated carbocycles. The van der Waals surface area contributed by atoms with Gasteiger partial charge in [-0.15, -0.1) is 11.3 Å². The third-order valence-electron chi connectivity index (χ3n) is 1.79. The summed E-state index contributed by atoms with van der Waals surface area (Å²) in [4.78, 5) is 4.00. The third kappa shape index (κ3) is 2.15. The van der Waals surface area contributed by atoms with E-state index in [-0.39, 0.29) is 0 Å². The smallest absolute Gasteiger partial charge is 0.123 e. The number of furan rings is 1. The largest absolute Gasteiger partial charge is 0.472 e. The van der Waals surface area contributed by atoms with Crippen molar-refractivity contribution >= 4 is 22.9 Å². The van der Waals surface area contributed by atoms with Crippen LogP contribution >= 0.6 is 22.9 Å². The molecule has 0 aliphatic rings. The number of aliphatic hydroxyl groups excluding tert-OH is 1. The van der Waals surface area contributed by atoms with E-state index in [1.165, 1.54) is 11.3 Å². The van der Waals surface area contributed by atoms with E-state index < -0.39 is 6.10 Å². The van der Waals surface area contributed by atoms with E-state index in [0.29, 0.717) is 15.8 Å². The highest BCUT2D eigenvalue weighted by molar-refractivity contribution is 7.15. The molecule has 0 bridgehead atoms. The van der Waals surface area contributed by atoms with Crippen molar-refractivity contribution in [1.82, 2.24) is 4.98 Å². The zero-order valence-corrected chi connectivity index (χ0v) is 8.76. The number of nitrogens with zero attached hydrogens (tertiary/aromatic N) is 1. The quantitative estimate of drug-likeness (QED) is 0.880. The van der Waals surface area contributed by atoms with E-state index >= 15 is 0 Å². The van der Waals surface area contributed by atoms with E-state index in [1.807, 2.05) is 6.07 Å². The van der Waals surface area contributed by atoms with Gasteiger partial charge in [-0.25, -0.2) is 4.98 Å². The number of hydrogen-bond donors (Lipinski definition) is 1. The summed E-state index contributed by atoms with van der Waals surface area (Å²) in [5, 5.41) is 10.4. The van der Waals surface area contributed by atoms with Crippen molar-refractivity contribution in [3.05, 3.63) is 39.7 Å². The summed E-state index contributed by atoms with van der Waals surface area (Å²) in [6, 6.07) is 1.82. The fourth-order valence-electron chi connectivity index (χ4n) is 1.14. The lowest BCUT2D eigenvalue weighted by molar-refractivity contribution is 0.177. The Balaban J connectivity index is 2.06. The van der Waals surface area contributed by atoms with Crippen LogP contribution < -0.4 is 0 Å². The van der Waals surface area contributed by atoms with Gasteiger partial charge in [-0.1, -0.05) is 11.6 Å². The topological polar surface area (TPSA) is 46.3 Å². The van der Waals surface area contributed by atoms with Crippen LogP contribution in [0, 0.1) is 0 Å². The second kappa shape index (κ2) is 4.13. The number of thiazole rings is 1. The van der Waals surface area contributed by atoms with Crippen LogP contribution in [0.25, 0.3) is 0 Å². The van der Waals surface area contributed by atoms with Crippen molar-refractivity contribution in [2.24, 2.45) is 0 Å². The second-order valence-electron chi connectivity index (χ2n) is 2.85. The molecule has 1 unspecified atom stereocenters. The molecule has 0 aliphatic carbocycles. The molecule has 0 aliphatic heterocycles. The van der Waals surface area contributed by atoms with Gasteiger partial charge < -0.3 is 9.52 Å². The maximum absolute atomic E-state index is 9.75. The van der Waals surface area contributed by atoms with Gasteiger partial charge in [0.1, 0.15) is 15.4 Å². The van der Waals surface area contributed by atoms with Crippen LogP contribution in [-0.4, -0.2) is 10.1 Å². The molecule has 14 heavy (non-hydrogen) atoms. The van der Waals surface area contributed by atoms with E-state index in [1.54, 1.807) is 18.7 Å². The van der Waals surface area contributed by atoms with Crippen molar-refractivity contribution in [2.75, 3.05) is 0 Å². The molecule has 1 atom stereocenters. The highest BCUT2D eigenvalue weighted by Crippen LogP contribution is 2.26. The molecule has 5 heteroatoms. The average molecular weight is 230 g/mol. The van der Waals surface area contributed by atoms with E-state index in [2.05, 4.69) is 4.98 Å². The molecule has 2 rings (SSSR count). The molecule has 0 saturated heterocycles. The summed E-state index contributed by atoms with van der Waals surface area (Å²) in [6.45, 7) is 0. The molecular weight excluding hydrogens is 222 g/mol. The highest BCUT2D eigenvalue weighted by atomic mass is 35.5. The Morgan fingerprint density at radius 1 is 1.64 bits per heavy atom. The molecule has 74 valence electrons. The number of aliphatic hydroxyl groups is 1. The van der Waals surface area contributed by atoms with Gasteiger partial charge >= 0.3 is 0 Å². The Bertz CT molecular complexity index is 399. The Kier molecular flexibility index (Phi) is 2.86. The summed E-state index contributed by atoms with van der Waals surface area (Å²) in [6.07, 6.45) is 4.63. The van der Waals surface area contributed by atoms with Crippen molar-refractivity contribution in [3.8, 4) is 0 Å². The molecule has 2 heterocycles. The zero-order chi connectivity index (χ0) is 9.97. The first kappa shape index (κ1) is 9.71. The number of aromatic nitrogens is 1. The Morgan fingerprint density at radius 2 is 2.50 bits per heavy atom. The van der Waals surface area contributed by atoms with Crippen LogP contribution in [0.4, 0.5) is 0 Å². The third-order valence-corrected chi connectivity index (χ3v) is 3.01. The summed E-state index contributed by atoms with van der Waals surface area (Å²) in [7, 11) is 0. The number of rotatable bonds is 3. The van der Waals surface area contributed by atoms with Crippen molar-refractivity contribution in [2.45, 2.75) is 12.5 Å². The Labute approximate surface area is 90.0 Å². The molecule has 1 N–H and O–H groups in total. The standard InChI is InChI=1S/C9H8ClNO2S/c10-8-4-11-9(14-8)7(12)3-6-1-2-13-5-6/h1-2,4-5,7,12H,3H2. The first-order valence-corrected chi connectivity index (χ1v) is 5.25. The van der Waals surface area contributed by atoms with Crippen molar-refractivity contribution in [3.63, 3.8) is 0 Å². The lowest BCUT2D eigenvalue weighted by atomic mass is 10.1. The zero-order valence-electron chi connectivity index (χ0n) is 7.18. The first-order chi connectivity index (χ1) is 6.75. The molecule has 0 spiro atoms. The number of halogens is 1. The van der Waals surface area contributed by atoms with Crippen LogP contribution in [0.1, 0.15) is 16.7 Å². The molecule has 2 aromatic heterocycles. The van der Waals surface area contributed by atoms with Gasteiger partial charge in [0.15, 0.2) is 0 Å². The lowest BCUT2D eigenvalue weighted by Gasteiger charge is -2.03. The molecule has 0 amide bonds. The van der Waals surface area contributed by atoms with Gasteiger partial charge in [0.2, 0.25) is 0 Å². The first-order valence-electron chi connectivity index (χ1n) is 4.06. The molecular formula is C9H8ClNO2S. The molecule has 3 nitrogen and oxygen atoms in total. The fraction of sp³-hybridized carbons (Fsp3) is 0.222. The van der Waals surface area contributed by atoms with Gasteiger partial charge in [0, 0.05) is 6.42 Å². The minimum absolute atomic E-state index is 0.500. The van der Waals surface area contributed by atoms with Crippen molar-refractivity contribution in [1.29, 1.82) is 0 Å². The minimum Gasteiger partial charge on any atom is -0.472 e. The second-order valence-corrected chi connectivity index (χ2v) is 4.55. The fourth-order valence-corrected chi connectivity index (χ4v) is 2.06. The molecule has 0 fully saturated rings. The molecule has 0 aromatic carbocycles. The van der Waals surface area contributed by atoms with Crippen LogP contribution in [0.3, 0.4) is 0 Å². The van der Waals surface area contributed by atoms with Crippen LogP contribution in [0.15, 0.2) is 29.2 Å². The summed E-state index contributed by atoms with van der Waals surface area (Å²) < 4.78 is 5.49. The summed E-state index contributed by atoms with van der Waals surface area (Å²) >= 11 is 7.00. The maximum atomic E-state index is 9.75. The van der Waals surface area contributed by atoms with Gasteiger partial charge in [0.05, 0.1) is 18.7 Å². The normalized spacial score (nSPS) is 13.0. The lowest BCUT2D eigenvalue weighted by Crippen LogP contribution is -1.99. The predicted octanol–water partition coefficient (Wildman–Crippen LogP) is 2.67. The van der Waals surface area contributed by atoms with Gasteiger partial charge in [-0.3, -0.25) is 0 Å². The maximum Gasteiger partial charge on any atom is 0.123 e. The van der Waals surface area contributed by atoms with Gasteiger partial charge in [-0.05, 0) is 11.6 Å². The predicted molar refractivity (Wildman–Crippen MR) is 54.5 cm³/mol. The Hall–Kier alpha value is -0.840. The Morgan fingerprint density at radius 3 is 3.07 bits per heavy atom. The summed E-state index contributed by atoms with van der Waals surface area (Å²) in [5.41, 5.74) is 0.948. The number of hydrogen-bond acceptors (Lipinski definition) is 4. The highest BCUT2D eigenvalue weighted by Gasteiger charge is 2.13. The minimum atomic E-state index is -0.606. The van der Waals surface area contributed by atoms with Crippen LogP contribution in [0.2, 0.25) is 4.34 Å². The monoisotopic (exact) mass is 229 g/mol. The van der Waals surface area contributed by atoms with E-state index in [4.69, 9.17) is 16.0 Å². The van der Waals surface area contributed by atoms with E-state index in [0.717, 1.165) is 5.56 Å². The van der Waals surface area contributed by atoms with Gasteiger partial charge in [0.25, 0.3) is 0 Å². The van der Waals surface area contributed by atoms with Crippen molar-refractivity contribution < 1.29 is 9.52 Å². The van der Waals surface area contributed by atoms with Crippen LogP contribution in [0.5, 0.6) is 0 Å². The van der Waals surface area contributed by atoms with Crippen LogP contribution in [-0.2, 0) is 6.42 Å². The SMILES string of the molecule is OC(Cc1ccoc1)c1ncc(Cl)s1. The van der Waals surface area contributed by atoms with E-state index in [9.17, 15) is 5.11 Å². The molecule has 2 aromatic rings. The molecule has 0 radical (unpaired) electrons. The summed E-state index contributed by atoms with van der Waals surface area (Å²) in [5.74, 6) is 0. The van der Waals surface area contributed by atoms with Gasteiger partial charge in [-0.2, -0.15) is 0 Å². The average Bonchev–Trinajstić information content (AvgIpc) is 2.75.